The van der Waals surface area contributed by atoms with E-state index in [-0.39, 0.29) is 19.6 Å². The Hall–Kier alpha value is -4.37. The number of rotatable bonds is 13. The van der Waals surface area contributed by atoms with Crippen LogP contribution in [0.5, 0.6) is 5.75 Å². The van der Waals surface area contributed by atoms with E-state index in [1.165, 1.54) is 0 Å². The van der Waals surface area contributed by atoms with Crippen LogP contribution in [0, 0.1) is 0 Å². The standard InChI is InChI=1S/C31H37N3O6/c1-31(2,3)40-30(37)34-27(21-38-19-23-10-6-4-7-11-23)29(36)33-26(28(32)35)18-22-14-16-25(17-15-22)39-20-24-12-8-5-9-13-24/h4-17,26-27H,18-21H2,1-3H3,(H2,32,35)(H,33,36)(H,34,37)/t26-,27-/m0/s1. The van der Waals surface area contributed by atoms with Gasteiger partial charge < -0.3 is 30.6 Å². The van der Waals surface area contributed by atoms with Gasteiger partial charge >= 0.3 is 6.09 Å². The van der Waals surface area contributed by atoms with Crippen LogP contribution in [0.25, 0.3) is 0 Å². The van der Waals surface area contributed by atoms with E-state index >= 15 is 0 Å². The van der Waals surface area contributed by atoms with Crippen molar-refractivity contribution in [2.45, 2.75) is 58.1 Å². The van der Waals surface area contributed by atoms with Crippen LogP contribution in [0.2, 0.25) is 0 Å². The molecule has 9 nitrogen and oxygen atoms in total. The Morgan fingerprint density at radius 1 is 0.750 bits per heavy atom. The van der Waals surface area contributed by atoms with Crippen LogP contribution in [0.1, 0.15) is 37.5 Å². The molecule has 0 aliphatic heterocycles. The van der Waals surface area contributed by atoms with Gasteiger partial charge in [-0.3, -0.25) is 9.59 Å². The Balaban J connectivity index is 1.61. The molecular formula is C31H37N3O6. The maximum absolute atomic E-state index is 13.2. The molecule has 4 N–H and O–H groups in total. The number of benzene rings is 3. The molecule has 0 bridgehead atoms. The van der Waals surface area contributed by atoms with Crippen molar-refractivity contribution in [3.8, 4) is 5.75 Å². The first-order valence-corrected chi connectivity index (χ1v) is 13.1. The molecule has 9 heteroatoms. The second-order valence-corrected chi connectivity index (χ2v) is 10.3. The molecule has 2 atom stereocenters. The van der Waals surface area contributed by atoms with Crippen LogP contribution in [-0.4, -0.2) is 42.2 Å². The number of alkyl carbamates (subject to hydrolysis) is 1. The van der Waals surface area contributed by atoms with Crippen LogP contribution >= 0.6 is 0 Å². The van der Waals surface area contributed by atoms with Crippen LogP contribution in [0.4, 0.5) is 4.79 Å². The molecule has 0 aliphatic rings. The zero-order valence-electron chi connectivity index (χ0n) is 23.1. The molecule has 0 spiro atoms. The Bertz CT molecular complexity index is 1230. The van der Waals surface area contributed by atoms with Gasteiger partial charge in [-0.2, -0.15) is 0 Å². The maximum atomic E-state index is 13.2. The van der Waals surface area contributed by atoms with Crippen molar-refractivity contribution in [1.29, 1.82) is 0 Å². The molecule has 0 aliphatic carbocycles. The number of carbonyl (C=O) groups is 3. The van der Waals surface area contributed by atoms with E-state index in [0.29, 0.717) is 12.4 Å². The highest BCUT2D eigenvalue weighted by atomic mass is 16.6. The summed E-state index contributed by atoms with van der Waals surface area (Å²) >= 11 is 0. The lowest BCUT2D eigenvalue weighted by Crippen LogP contribution is -2.55. The van der Waals surface area contributed by atoms with Gasteiger partial charge in [0.2, 0.25) is 11.8 Å². The summed E-state index contributed by atoms with van der Waals surface area (Å²) in [6, 6.07) is 24.3. The number of primary amides is 1. The number of amides is 3. The lowest BCUT2D eigenvalue weighted by molar-refractivity contribution is -0.129. The summed E-state index contributed by atoms with van der Waals surface area (Å²) in [4.78, 5) is 37.8. The van der Waals surface area contributed by atoms with E-state index in [1.54, 1.807) is 32.9 Å². The van der Waals surface area contributed by atoms with Crippen LogP contribution in [0.15, 0.2) is 84.9 Å². The fourth-order valence-electron chi connectivity index (χ4n) is 3.70. The summed E-state index contributed by atoms with van der Waals surface area (Å²) in [5.41, 5.74) is 7.58. The van der Waals surface area contributed by atoms with Crippen molar-refractivity contribution in [3.05, 3.63) is 102 Å². The SMILES string of the molecule is CC(C)(C)OC(=O)N[C@@H](COCc1ccccc1)C(=O)N[C@@H](Cc1ccc(OCc2ccccc2)cc1)C(N)=O. The molecule has 3 rings (SSSR count). The molecular weight excluding hydrogens is 510 g/mol. The molecule has 0 saturated carbocycles. The van der Waals surface area contributed by atoms with Crippen LogP contribution in [-0.2, 0) is 38.7 Å². The van der Waals surface area contributed by atoms with Gasteiger partial charge in [0.15, 0.2) is 0 Å². The second kappa shape index (κ2) is 14.7. The van der Waals surface area contributed by atoms with Crippen LogP contribution in [0.3, 0.4) is 0 Å². The molecule has 3 aromatic carbocycles. The molecule has 0 saturated heterocycles. The van der Waals surface area contributed by atoms with Gasteiger partial charge in [0.25, 0.3) is 0 Å². The minimum Gasteiger partial charge on any atom is -0.489 e. The average Bonchev–Trinajstić information content (AvgIpc) is 2.91. The summed E-state index contributed by atoms with van der Waals surface area (Å²) in [5, 5.41) is 5.18. The predicted octanol–water partition coefficient (Wildman–Crippen LogP) is 3.89. The van der Waals surface area contributed by atoms with Gasteiger partial charge in [0.05, 0.1) is 13.2 Å². The van der Waals surface area contributed by atoms with Crippen molar-refractivity contribution >= 4 is 17.9 Å². The summed E-state index contributed by atoms with van der Waals surface area (Å²) in [6.07, 6.45) is -0.623. The zero-order valence-corrected chi connectivity index (χ0v) is 23.1. The number of hydrogen-bond acceptors (Lipinski definition) is 6. The summed E-state index contributed by atoms with van der Waals surface area (Å²) in [7, 11) is 0. The monoisotopic (exact) mass is 547 g/mol. The first-order chi connectivity index (χ1) is 19.1. The fraction of sp³-hybridized carbons (Fsp3) is 0.323. The van der Waals surface area contributed by atoms with E-state index in [0.717, 1.165) is 16.7 Å². The number of carbonyl (C=O) groups excluding carboxylic acids is 3. The van der Waals surface area contributed by atoms with Crippen molar-refractivity contribution < 1.29 is 28.6 Å². The topological polar surface area (TPSA) is 129 Å². The second-order valence-electron chi connectivity index (χ2n) is 10.3. The van der Waals surface area contributed by atoms with E-state index in [9.17, 15) is 14.4 Å². The maximum Gasteiger partial charge on any atom is 0.408 e. The fourth-order valence-corrected chi connectivity index (χ4v) is 3.70. The third kappa shape index (κ3) is 10.8. The van der Waals surface area contributed by atoms with Gasteiger partial charge in [0.1, 0.15) is 30.0 Å². The Kier molecular flexibility index (Phi) is 11.1. The van der Waals surface area contributed by atoms with E-state index in [1.807, 2.05) is 72.8 Å². The van der Waals surface area contributed by atoms with E-state index in [4.69, 9.17) is 19.9 Å². The average molecular weight is 548 g/mol. The highest BCUT2D eigenvalue weighted by Gasteiger charge is 2.28. The lowest BCUT2D eigenvalue weighted by atomic mass is 10.0. The van der Waals surface area contributed by atoms with Crippen molar-refractivity contribution in [1.82, 2.24) is 10.6 Å². The molecule has 0 heterocycles. The molecule has 3 amide bonds. The summed E-state index contributed by atoms with van der Waals surface area (Å²) in [5.74, 6) is -0.658. The van der Waals surface area contributed by atoms with Gasteiger partial charge in [0, 0.05) is 6.42 Å². The normalized spacial score (nSPS) is 12.6. The van der Waals surface area contributed by atoms with Crippen LogP contribution < -0.4 is 21.1 Å². The van der Waals surface area contributed by atoms with Gasteiger partial charge in [-0.15, -0.1) is 0 Å². The number of nitrogens with two attached hydrogens (primary N) is 1. The minimum atomic E-state index is -1.12. The minimum absolute atomic E-state index is 0.140. The van der Waals surface area contributed by atoms with Crippen molar-refractivity contribution in [3.63, 3.8) is 0 Å². The van der Waals surface area contributed by atoms with Crippen molar-refractivity contribution in [2.75, 3.05) is 6.61 Å². The lowest BCUT2D eigenvalue weighted by Gasteiger charge is -2.24. The Morgan fingerprint density at radius 2 is 1.32 bits per heavy atom. The van der Waals surface area contributed by atoms with Gasteiger partial charge in [-0.1, -0.05) is 72.8 Å². The quantitative estimate of drug-likeness (QED) is 0.298. The first-order valence-electron chi connectivity index (χ1n) is 13.1. The molecule has 0 unspecified atom stereocenters. The highest BCUT2D eigenvalue weighted by molar-refractivity contribution is 5.91. The first kappa shape index (κ1) is 30.2. The third-order valence-electron chi connectivity index (χ3n) is 5.67. The molecule has 0 fully saturated rings. The van der Waals surface area contributed by atoms with E-state index < -0.39 is 35.6 Å². The molecule has 40 heavy (non-hydrogen) atoms. The molecule has 212 valence electrons. The molecule has 0 aromatic heterocycles. The van der Waals surface area contributed by atoms with Gasteiger partial charge in [-0.25, -0.2) is 4.79 Å². The number of ether oxygens (including phenoxy) is 3. The third-order valence-corrected chi connectivity index (χ3v) is 5.67. The largest absolute Gasteiger partial charge is 0.489 e. The number of hydrogen-bond donors (Lipinski definition) is 3. The van der Waals surface area contributed by atoms with E-state index in [2.05, 4.69) is 10.6 Å². The summed E-state index contributed by atoms with van der Waals surface area (Å²) < 4.78 is 16.8. The Morgan fingerprint density at radius 3 is 1.88 bits per heavy atom. The summed E-state index contributed by atoms with van der Waals surface area (Å²) in [6.45, 7) is 5.67. The Labute approximate surface area is 235 Å². The highest BCUT2D eigenvalue weighted by Crippen LogP contribution is 2.16. The zero-order chi connectivity index (χ0) is 29.0. The smallest absolute Gasteiger partial charge is 0.408 e. The van der Waals surface area contributed by atoms with Gasteiger partial charge in [-0.05, 0) is 49.6 Å². The van der Waals surface area contributed by atoms with Crippen molar-refractivity contribution in [2.24, 2.45) is 5.73 Å². The molecule has 3 aromatic rings. The number of nitrogens with one attached hydrogen (secondary N) is 2. The predicted molar refractivity (Wildman–Crippen MR) is 151 cm³/mol. The molecule has 0 radical (unpaired) electrons.